The lowest BCUT2D eigenvalue weighted by molar-refractivity contribution is 0.476. The number of nitrogens with one attached hydrogen (secondary N) is 1. The first-order valence-corrected chi connectivity index (χ1v) is 6.97. The molecule has 4 rings (SSSR count). The maximum Gasteiger partial charge on any atom is 0.131 e. The van der Waals surface area contributed by atoms with Gasteiger partial charge in [0.2, 0.25) is 0 Å². The highest BCUT2D eigenvalue weighted by Gasteiger charge is 2.35. The summed E-state index contributed by atoms with van der Waals surface area (Å²) in [5, 5.41) is 4.27. The van der Waals surface area contributed by atoms with Gasteiger partial charge in [0.15, 0.2) is 0 Å². The number of fused-ring (bicyclic) bond motifs is 5. The fraction of sp³-hybridized carbons (Fsp3) is 0.250. The Morgan fingerprint density at radius 3 is 2.50 bits per heavy atom. The molecule has 2 nitrogen and oxygen atoms in total. The van der Waals surface area contributed by atoms with Gasteiger partial charge in [-0.3, -0.25) is 0 Å². The molecule has 0 bridgehead atoms. The fourth-order valence-electron chi connectivity index (χ4n) is 3.23. The Balaban J connectivity index is 0.00000121. The molecule has 0 spiro atoms. The van der Waals surface area contributed by atoms with Crippen molar-refractivity contribution in [3.63, 3.8) is 0 Å². The van der Waals surface area contributed by atoms with E-state index in [2.05, 4.69) is 23.5 Å². The van der Waals surface area contributed by atoms with Crippen molar-refractivity contribution in [1.29, 1.82) is 0 Å². The molecule has 0 amide bonds. The van der Waals surface area contributed by atoms with E-state index in [-0.39, 0.29) is 12.4 Å². The highest BCUT2D eigenvalue weighted by Crippen LogP contribution is 2.48. The third-order valence-corrected chi connectivity index (χ3v) is 4.36. The van der Waals surface area contributed by atoms with E-state index in [1.165, 1.54) is 11.1 Å². The van der Waals surface area contributed by atoms with Crippen LogP contribution in [-0.2, 0) is 0 Å². The molecule has 0 aromatic heterocycles. The number of ether oxygens (including phenoxy) is 1. The van der Waals surface area contributed by atoms with Crippen molar-refractivity contribution < 1.29 is 4.74 Å². The molecule has 20 heavy (non-hydrogen) atoms. The Hall–Kier alpha value is -1.22. The summed E-state index contributed by atoms with van der Waals surface area (Å²) in [4.78, 5) is 0. The first-order valence-electron chi connectivity index (χ1n) is 6.60. The van der Waals surface area contributed by atoms with Crippen LogP contribution in [-0.4, -0.2) is 13.1 Å². The molecule has 1 unspecified atom stereocenters. The summed E-state index contributed by atoms with van der Waals surface area (Å²) in [6, 6.07) is 14.3. The summed E-state index contributed by atoms with van der Waals surface area (Å²) in [6.45, 7) is 1.98. The maximum absolute atomic E-state index is 6.16. The largest absolute Gasteiger partial charge is 0.457 e. The Labute approximate surface area is 129 Å². The van der Waals surface area contributed by atoms with Crippen LogP contribution in [0, 0.1) is 0 Å². The first-order chi connectivity index (χ1) is 9.33. The molecule has 2 aliphatic rings. The number of hydrogen-bond donors (Lipinski definition) is 1. The van der Waals surface area contributed by atoms with Gasteiger partial charge in [0.1, 0.15) is 11.5 Å². The van der Waals surface area contributed by atoms with E-state index in [1.807, 2.05) is 24.3 Å². The summed E-state index contributed by atoms with van der Waals surface area (Å²) in [5.74, 6) is 2.82. The molecule has 0 saturated carbocycles. The third kappa shape index (κ3) is 2.08. The third-order valence-electron chi connectivity index (χ3n) is 4.12. The van der Waals surface area contributed by atoms with Crippen LogP contribution >= 0.6 is 24.0 Å². The van der Waals surface area contributed by atoms with Crippen LogP contribution in [0.1, 0.15) is 23.0 Å². The Bertz CT molecular complexity index is 644. The second-order valence-electron chi connectivity index (χ2n) is 5.19. The monoisotopic (exact) mass is 307 g/mol. The minimum atomic E-state index is 0. The van der Waals surface area contributed by atoms with Gasteiger partial charge in [-0.1, -0.05) is 29.8 Å². The van der Waals surface area contributed by atoms with Gasteiger partial charge in [-0.15, -0.1) is 12.4 Å². The Kier molecular flexibility index (Phi) is 3.63. The summed E-state index contributed by atoms with van der Waals surface area (Å²) in [6.07, 6.45) is 0. The molecular formula is C16H15Cl2NO. The summed E-state index contributed by atoms with van der Waals surface area (Å²) >= 11 is 6.16. The molecule has 2 aliphatic heterocycles. The number of benzene rings is 2. The molecule has 1 fully saturated rings. The Morgan fingerprint density at radius 1 is 0.950 bits per heavy atom. The van der Waals surface area contributed by atoms with E-state index >= 15 is 0 Å². The maximum atomic E-state index is 6.16. The number of halogens is 2. The minimum absolute atomic E-state index is 0. The van der Waals surface area contributed by atoms with Crippen LogP contribution in [0.15, 0.2) is 42.5 Å². The van der Waals surface area contributed by atoms with Gasteiger partial charge >= 0.3 is 0 Å². The molecular weight excluding hydrogens is 293 g/mol. The predicted octanol–water partition coefficient (Wildman–Crippen LogP) is 4.34. The molecule has 1 N–H and O–H groups in total. The van der Waals surface area contributed by atoms with Gasteiger partial charge in [0.05, 0.1) is 0 Å². The van der Waals surface area contributed by atoms with Crippen LogP contribution in [0.5, 0.6) is 11.5 Å². The molecule has 104 valence electrons. The topological polar surface area (TPSA) is 21.3 Å². The van der Waals surface area contributed by atoms with E-state index in [0.717, 1.165) is 29.6 Å². The van der Waals surface area contributed by atoms with Crippen LogP contribution in [0.2, 0.25) is 5.02 Å². The zero-order valence-electron chi connectivity index (χ0n) is 10.8. The second kappa shape index (κ2) is 5.28. The molecule has 4 heteroatoms. The summed E-state index contributed by atoms with van der Waals surface area (Å²) in [5.41, 5.74) is 2.52. The van der Waals surface area contributed by atoms with Gasteiger partial charge in [-0.25, -0.2) is 0 Å². The van der Waals surface area contributed by atoms with Crippen molar-refractivity contribution >= 4 is 24.0 Å². The highest BCUT2D eigenvalue weighted by molar-refractivity contribution is 6.30. The standard InChI is InChI=1S/C16H14ClNO.ClH/c17-10-5-6-16-12(7-10)14-9-18-8-13(14)11-3-1-2-4-15(11)19-16;/h1-7,13-14,18H,8-9H2;1H/t13-,14?;/m0./s1. The van der Waals surface area contributed by atoms with Crippen molar-refractivity contribution in [3.8, 4) is 11.5 Å². The van der Waals surface area contributed by atoms with Crippen molar-refractivity contribution in [1.82, 2.24) is 5.32 Å². The molecule has 2 heterocycles. The fourth-order valence-corrected chi connectivity index (χ4v) is 3.41. The first kappa shape index (κ1) is 13.7. The second-order valence-corrected chi connectivity index (χ2v) is 5.63. The van der Waals surface area contributed by atoms with Gasteiger partial charge in [-0.2, -0.15) is 0 Å². The zero-order valence-corrected chi connectivity index (χ0v) is 12.4. The van der Waals surface area contributed by atoms with Crippen molar-refractivity contribution in [3.05, 3.63) is 58.6 Å². The van der Waals surface area contributed by atoms with E-state index in [1.54, 1.807) is 0 Å². The van der Waals surface area contributed by atoms with Gasteiger partial charge in [0.25, 0.3) is 0 Å². The Morgan fingerprint density at radius 2 is 1.65 bits per heavy atom. The normalized spacial score (nSPS) is 22.6. The predicted molar refractivity (Wildman–Crippen MR) is 83.6 cm³/mol. The van der Waals surface area contributed by atoms with Crippen molar-refractivity contribution in [2.45, 2.75) is 11.8 Å². The lowest BCUT2D eigenvalue weighted by atomic mass is 9.84. The molecule has 0 aliphatic carbocycles. The average molecular weight is 308 g/mol. The quantitative estimate of drug-likeness (QED) is 0.782. The number of para-hydroxylation sites is 1. The smallest absolute Gasteiger partial charge is 0.131 e. The number of rotatable bonds is 0. The van der Waals surface area contributed by atoms with Crippen LogP contribution in [0.25, 0.3) is 0 Å². The van der Waals surface area contributed by atoms with Gasteiger partial charge < -0.3 is 10.1 Å². The average Bonchev–Trinajstić information content (AvgIpc) is 2.86. The summed E-state index contributed by atoms with van der Waals surface area (Å²) < 4.78 is 6.11. The van der Waals surface area contributed by atoms with E-state index in [4.69, 9.17) is 16.3 Å². The molecule has 2 atom stereocenters. The van der Waals surface area contributed by atoms with Gasteiger partial charge in [-0.05, 0) is 29.8 Å². The van der Waals surface area contributed by atoms with Crippen molar-refractivity contribution in [2.24, 2.45) is 0 Å². The van der Waals surface area contributed by atoms with E-state index in [0.29, 0.717) is 11.8 Å². The van der Waals surface area contributed by atoms with Crippen molar-refractivity contribution in [2.75, 3.05) is 13.1 Å². The number of hydrogen-bond acceptors (Lipinski definition) is 2. The lowest BCUT2D eigenvalue weighted by Crippen LogP contribution is -2.08. The molecule has 0 radical (unpaired) electrons. The lowest BCUT2D eigenvalue weighted by Gasteiger charge is -2.17. The minimum Gasteiger partial charge on any atom is -0.457 e. The van der Waals surface area contributed by atoms with Crippen LogP contribution < -0.4 is 10.1 Å². The zero-order chi connectivity index (χ0) is 12.8. The van der Waals surface area contributed by atoms with Crippen LogP contribution in [0.3, 0.4) is 0 Å². The molecule has 2 aromatic carbocycles. The SMILES string of the molecule is Cl.Clc1ccc2c(c1)C1CNC[C@H]1c1ccccc1O2. The molecule has 1 saturated heterocycles. The highest BCUT2D eigenvalue weighted by atomic mass is 35.5. The van der Waals surface area contributed by atoms with Crippen LogP contribution in [0.4, 0.5) is 0 Å². The van der Waals surface area contributed by atoms with Gasteiger partial charge in [0, 0.05) is 35.5 Å². The summed E-state index contributed by atoms with van der Waals surface area (Å²) in [7, 11) is 0. The van der Waals surface area contributed by atoms with E-state index in [9.17, 15) is 0 Å². The molecule has 2 aromatic rings. The van der Waals surface area contributed by atoms with E-state index < -0.39 is 0 Å².